The molecule has 0 heterocycles. The second kappa shape index (κ2) is 5.56. The fourth-order valence-electron chi connectivity index (χ4n) is 1.36. The third-order valence-electron chi connectivity index (χ3n) is 2.26. The predicted octanol–water partition coefficient (Wildman–Crippen LogP) is 1.19. The summed E-state index contributed by atoms with van der Waals surface area (Å²) in [6, 6.07) is 3.67. The third kappa shape index (κ3) is 3.02. The van der Waals surface area contributed by atoms with E-state index in [1.807, 2.05) is 0 Å². The second-order valence-electron chi connectivity index (χ2n) is 3.44. The van der Waals surface area contributed by atoms with Crippen molar-refractivity contribution in [2.75, 3.05) is 12.9 Å². The lowest BCUT2D eigenvalue weighted by molar-refractivity contribution is 0.0696. The van der Waals surface area contributed by atoms with Crippen LogP contribution in [0.4, 0.5) is 0 Å². The molecule has 18 heavy (non-hydrogen) atoms. The summed E-state index contributed by atoms with van der Waals surface area (Å²) in [5.74, 6) is 0.891. The zero-order valence-corrected chi connectivity index (χ0v) is 10.5. The van der Waals surface area contributed by atoms with Gasteiger partial charge in [0.2, 0.25) is 0 Å². The molecule has 0 saturated carbocycles. The molecule has 0 bridgehead atoms. The number of rotatable bonds is 5. The summed E-state index contributed by atoms with van der Waals surface area (Å²) in [4.78, 5) is 10.7. The van der Waals surface area contributed by atoms with Crippen molar-refractivity contribution < 1.29 is 23.1 Å². The molecule has 5 nitrogen and oxygen atoms in total. The number of sulfone groups is 1. The standard InChI is InChI=1S/C12H12O5S/c1-3-4-7-18(15,16)11-8-9(12(13)14)5-6-10(11)17-2/h1,5-6,8H,4,7H2,2H3,(H,13,14). The first-order valence-corrected chi connectivity index (χ1v) is 6.65. The van der Waals surface area contributed by atoms with Crippen LogP contribution in [0.3, 0.4) is 0 Å². The van der Waals surface area contributed by atoms with Crippen LogP contribution in [-0.2, 0) is 9.84 Å². The van der Waals surface area contributed by atoms with Gasteiger partial charge in [0.1, 0.15) is 10.6 Å². The topological polar surface area (TPSA) is 80.7 Å². The molecule has 0 unspecified atom stereocenters. The molecule has 0 spiro atoms. The lowest BCUT2D eigenvalue weighted by Gasteiger charge is -2.09. The van der Waals surface area contributed by atoms with E-state index in [0.29, 0.717) is 0 Å². The van der Waals surface area contributed by atoms with Crippen molar-refractivity contribution in [1.82, 2.24) is 0 Å². The summed E-state index contributed by atoms with van der Waals surface area (Å²) in [6.45, 7) is 0. The van der Waals surface area contributed by atoms with Crippen molar-refractivity contribution in [2.45, 2.75) is 11.3 Å². The maximum Gasteiger partial charge on any atom is 0.335 e. The summed E-state index contributed by atoms with van der Waals surface area (Å²) in [7, 11) is -2.34. The molecule has 96 valence electrons. The van der Waals surface area contributed by atoms with Crippen LogP contribution in [-0.4, -0.2) is 32.4 Å². The highest BCUT2D eigenvalue weighted by Gasteiger charge is 2.21. The molecule has 0 aliphatic heterocycles. The number of aromatic carboxylic acids is 1. The van der Waals surface area contributed by atoms with Gasteiger partial charge in [0.25, 0.3) is 0 Å². The predicted molar refractivity (Wildman–Crippen MR) is 65.5 cm³/mol. The third-order valence-corrected chi connectivity index (χ3v) is 3.99. The molecule has 1 aromatic carbocycles. The second-order valence-corrected chi connectivity index (χ2v) is 5.52. The van der Waals surface area contributed by atoms with Crippen LogP contribution in [0.1, 0.15) is 16.8 Å². The van der Waals surface area contributed by atoms with Crippen LogP contribution >= 0.6 is 0 Å². The molecule has 0 radical (unpaired) electrons. The first kappa shape index (κ1) is 14.1. The molecule has 0 atom stereocenters. The largest absolute Gasteiger partial charge is 0.495 e. The van der Waals surface area contributed by atoms with E-state index in [1.165, 1.54) is 19.2 Å². The Labute approximate surface area is 105 Å². The van der Waals surface area contributed by atoms with Gasteiger partial charge >= 0.3 is 5.97 Å². The molecular formula is C12H12O5S. The number of hydrogen-bond donors (Lipinski definition) is 1. The highest BCUT2D eigenvalue weighted by molar-refractivity contribution is 7.91. The molecule has 1 rings (SSSR count). The Balaban J connectivity index is 3.33. The lowest BCUT2D eigenvalue weighted by Crippen LogP contribution is -2.09. The Morgan fingerprint density at radius 2 is 2.17 bits per heavy atom. The van der Waals surface area contributed by atoms with Gasteiger partial charge < -0.3 is 9.84 Å². The van der Waals surface area contributed by atoms with Gasteiger partial charge in [0, 0.05) is 6.42 Å². The first-order chi connectivity index (χ1) is 8.42. The minimum atomic E-state index is -3.65. The molecule has 6 heteroatoms. The number of carbonyl (C=O) groups is 1. The maximum absolute atomic E-state index is 12.0. The highest BCUT2D eigenvalue weighted by Crippen LogP contribution is 2.26. The average Bonchev–Trinajstić information content (AvgIpc) is 2.35. The summed E-state index contributed by atoms with van der Waals surface area (Å²) < 4.78 is 28.9. The number of terminal acetylenes is 1. The van der Waals surface area contributed by atoms with E-state index in [9.17, 15) is 13.2 Å². The van der Waals surface area contributed by atoms with Gasteiger partial charge in [0.15, 0.2) is 9.84 Å². The van der Waals surface area contributed by atoms with E-state index in [2.05, 4.69) is 5.92 Å². The van der Waals surface area contributed by atoms with Gasteiger partial charge in [-0.05, 0) is 18.2 Å². The van der Waals surface area contributed by atoms with Crippen molar-refractivity contribution in [3.05, 3.63) is 23.8 Å². The minimum Gasteiger partial charge on any atom is -0.495 e. The van der Waals surface area contributed by atoms with Gasteiger partial charge in [-0.15, -0.1) is 12.3 Å². The molecule has 0 aliphatic rings. The number of carboxylic acids is 1. The van der Waals surface area contributed by atoms with Crippen LogP contribution in [0.5, 0.6) is 5.75 Å². The van der Waals surface area contributed by atoms with E-state index in [0.717, 1.165) is 6.07 Å². The van der Waals surface area contributed by atoms with E-state index >= 15 is 0 Å². The Morgan fingerprint density at radius 3 is 2.67 bits per heavy atom. The maximum atomic E-state index is 12.0. The Bertz CT molecular complexity index is 595. The van der Waals surface area contributed by atoms with Crippen molar-refractivity contribution >= 4 is 15.8 Å². The number of carboxylic acid groups (broad SMARTS) is 1. The van der Waals surface area contributed by atoms with Gasteiger partial charge in [-0.2, -0.15) is 0 Å². The van der Waals surface area contributed by atoms with Crippen molar-refractivity contribution in [1.29, 1.82) is 0 Å². The Morgan fingerprint density at radius 1 is 1.50 bits per heavy atom. The molecule has 0 amide bonds. The summed E-state index contributed by atoms with van der Waals surface area (Å²) in [5.41, 5.74) is -0.116. The molecule has 1 aromatic rings. The van der Waals surface area contributed by atoms with Crippen molar-refractivity contribution in [3.63, 3.8) is 0 Å². The first-order valence-electron chi connectivity index (χ1n) is 5.00. The molecule has 1 N–H and O–H groups in total. The zero-order chi connectivity index (χ0) is 13.8. The normalized spacial score (nSPS) is 10.7. The monoisotopic (exact) mass is 268 g/mol. The van der Waals surface area contributed by atoms with E-state index in [1.54, 1.807) is 0 Å². The van der Waals surface area contributed by atoms with E-state index in [4.69, 9.17) is 16.3 Å². The van der Waals surface area contributed by atoms with Crippen molar-refractivity contribution in [2.24, 2.45) is 0 Å². The average molecular weight is 268 g/mol. The van der Waals surface area contributed by atoms with E-state index < -0.39 is 15.8 Å². The molecular weight excluding hydrogens is 256 g/mol. The smallest absolute Gasteiger partial charge is 0.335 e. The number of methoxy groups -OCH3 is 1. The van der Waals surface area contributed by atoms with E-state index in [-0.39, 0.29) is 28.4 Å². The molecule has 0 fully saturated rings. The minimum absolute atomic E-state index is 0.0583. The van der Waals surface area contributed by atoms with Gasteiger partial charge in [-0.1, -0.05) is 0 Å². The molecule has 0 aromatic heterocycles. The number of benzene rings is 1. The summed E-state index contributed by atoms with van der Waals surface area (Å²) in [5, 5.41) is 8.85. The van der Waals surface area contributed by atoms with Crippen molar-refractivity contribution in [3.8, 4) is 18.1 Å². The quantitative estimate of drug-likeness (QED) is 0.811. The van der Waals surface area contributed by atoms with Gasteiger partial charge in [-0.3, -0.25) is 0 Å². The van der Waals surface area contributed by atoms with Crippen LogP contribution in [0.25, 0.3) is 0 Å². The lowest BCUT2D eigenvalue weighted by atomic mass is 10.2. The molecule has 0 aliphatic carbocycles. The Hall–Kier alpha value is -2.00. The van der Waals surface area contributed by atoms with Gasteiger partial charge in [0.05, 0.1) is 18.4 Å². The fourth-order valence-corrected chi connectivity index (χ4v) is 2.73. The Kier molecular flexibility index (Phi) is 4.34. The van der Waals surface area contributed by atoms with Crippen LogP contribution in [0.2, 0.25) is 0 Å². The van der Waals surface area contributed by atoms with Gasteiger partial charge in [-0.25, -0.2) is 13.2 Å². The van der Waals surface area contributed by atoms with Crippen LogP contribution < -0.4 is 4.74 Å². The number of ether oxygens (including phenoxy) is 1. The van der Waals surface area contributed by atoms with Crippen LogP contribution in [0, 0.1) is 12.3 Å². The summed E-state index contributed by atoms with van der Waals surface area (Å²) >= 11 is 0. The fraction of sp³-hybridized carbons (Fsp3) is 0.250. The number of hydrogen-bond acceptors (Lipinski definition) is 4. The van der Waals surface area contributed by atoms with Crippen LogP contribution in [0.15, 0.2) is 23.1 Å². The molecule has 0 saturated heterocycles. The zero-order valence-electron chi connectivity index (χ0n) is 9.71. The summed E-state index contributed by atoms with van der Waals surface area (Å²) in [6.07, 6.45) is 5.08. The SMILES string of the molecule is C#CCCS(=O)(=O)c1cc(C(=O)O)ccc1OC. The highest BCUT2D eigenvalue weighted by atomic mass is 32.2.